The highest BCUT2D eigenvalue weighted by Crippen LogP contribution is 2.31. The lowest BCUT2D eigenvalue weighted by Gasteiger charge is -2.18. The molecule has 158 valence electrons. The number of urea groups is 1. The van der Waals surface area contributed by atoms with E-state index in [1.54, 1.807) is 24.1 Å². The van der Waals surface area contributed by atoms with Crippen molar-refractivity contribution in [3.63, 3.8) is 0 Å². The Morgan fingerprint density at radius 1 is 1.06 bits per heavy atom. The molecule has 0 spiro atoms. The van der Waals surface area contributed by atoms with Gasteiger partial charge in [-0.25, -0.2) is 9.18 Å². The van der Waals surface area contributed by atoms with Crippen LogP contribution in [-0.4, -0.2) is 25.6 Å². The fraction of sp³-hybridized carbons (Fsp3) is 0.167. The molecule has 0 saturated carbocycles. The maximum absolute atomic E-state index is 13.1. The molecule has 0 aliphatic carbocycles. The van der Waals surface area contributed by atoms with E-state index in [2.05, 4.69) is 10.6 Å². The number of rotatable bonds is 5. The molecule has 1 aliphatic rings. The van der Waals surface area contributed by atoms with Crippen molar-refractivity contribution in [2.45, 2.75) is 13.0 Å². The van der Waals surface area contributed by atoms with Gasteiger partial charge in [-0.05, 0) is 66.1 Å². The summed E-state index contributed by atoms with van der Waals surface area (Å²) in [7, 11) is 1.60. The Balaban J connectivity index is 1.46. The van der Waals surface area contributed by atoms with Crippen molar-refractivity contribution in [2.75, 3.05) is 23.9 Å². The first kappa shape index (κ1) is 20.4. The van der Waals surface area contributed by atoms with Gasteiger partial charge in [-0.3, -0.25) is 9.69 Å². The second kappa shape index (κ2) is 8.87. The van der Waals surface area contributed by atoms with Crippen molar-refractivity contribution >= 4 is 23.3 Å². The predicted octanol–water partition coefficient (Wildman–Crippen LogP) is 4.36. The van der Waals surface area contributed by atoms with Crippen LogP contribution in [0.1, 0.15) is 21.5 Å². The van der Waals surface area contributed by atoms with Gasteiger partial charge in [0.1, 0.15) is 11.6 Å². The van der Waals surface area contributed by atoms with E-state index in [0.29, 0.717) is 36.4 Å². The average Bonchev–Trinajstić information content (AvgIpc) is 3.23. The van der Waals surface area contributed by atoms with E-state index in [4.69, 9.17) is 4.74 Å². The number of halogens is 1. The summed E-state index contributed by atoms with van der Waals surface area (Å²) in [6.45, 7) is 0.830. The van der Waals surface area contributed by atoms with Crippen LogP contribution in [0.5, 0.6) is 5.75 Å². The van der Waals surface area contributed by atoms with Crippen molar-refractivity contribution in [2.24, 2.45) is 0 Å². The number of fused-ring (bicyclic) bond motifs is 1. The molecule has 0 fully saturated rings. The third-order valence-corrected chi connectivity index (χ3v) is 5.20. The fourth-order valence-corrected chi connectivity index (χ4v) is 3.64. The molecule has 0 radical (unpaired) electrons. The van der Waals surface area contributed by atoms with Crippen LogP contribution in [0, 0.1) is 5.82 Å². The number of nitrogens with zero attached hydrogens (tertiary/aromatic N) is 1. The summed E-state index contributed by atoms with van der Waals surface area (Å²) in [6, 6.07) is 18.1. The van der Waals surface area contributed by atoms with Crippen LogP contribution in [0.2, 0.25) is 0 Å². The third-order valence-electron chi connectivity index (χ3n) is 5.20. The van der Waals surface area contributed by atoms with Gasteiger partial charge in [-0.1, -0.05) is 18.2 Å². The Bertz CT molecular complexity index is 1120. The zero-order valence-electron chi connectivity index (χ0n) is 17.0. The van der Waals surface area contributed by atoms with Gasteiger partial charge in [0.2, 0.25) is 0 Å². The second-order valence-corrected chi connectivity index (χ2v) is 7.18. The number of hydrogen-bond acceptors (Lipinski definition) is 3. The third kappa shape index (κ3) is 4.50. The number of anilines is 2. The average molecular weight is 419 g/mol. The summed E-state index contributed by atoms with van der Waals surface area (Å²) in [5.41, 5.74) is 3.53. The Kier molecular flexibility index (Phi) is 5.84. The van der Waals surface area contributed by atoms with Crippen molar-refractivity contribution in [3.05, 3.63) is 89.2 Å². The Morgan fingerprint density at radius 2 is 1.84 bits per heavy atom. The van der Waals surface area contributed by atoms with E-state index in [1.807, 2.05) is 30.3 Å². The van der Waals surface area contributed by atoms with Gasteiger partial charge in [0.25, 0.3) is 5.91 Å². The zero-order valence-corrected chi connectivity index (χ0v) is 17.0. The summed E-state index contributed by atoms with van der Waals surface area (Å²) in [6.07, 6.45) is 0.578. The van der Waals surface area contributed by atoms with Gasteiger partial charge in [0.15, 0.2) is 0 Å². The van der Waals surface area contributed by atoms with Gasteiger partial charge in [0, 0.05) is 30.0 Å². The molecule has 3 aromatic carbocycles. The van der Waals surface area contributed by atoms with Gasteiger partial charge < -0.3 is 15.4 Å². The Morgan fingerprint density at radius 3 is 2.61 bits per heavy atom. The molecule has 0 aromatic heterocycles. The SMILES string of the molecule is COc1cccc(CNC(=O)c2cccc3c2CCN3C(=O)Nc2ccc(F)cc2)c1. The first-order chi connectivity index (χ1) is 15.0. The number of carbonyl (C=O) groups is 2. The Hall–Kier alpha value is -3.87. The molecule has 6 nitrogen and oxygen atoms in total. The molecule has 1 aliphatic heterocycles. The van der Waals surface area contributed by atoms with Crippen molar-refractivity contribution < 1.29 is 18.7 Å². The lowest BCUT2D eigenvalue weighted by atomic mass is 10.0. The maximum atomic E-state index is 13.1. The quantitative estimate of drug-likeness (QED) is 0.646. The molecule has 0 unspecified atom stereocenters. The van der Waals surface area contributed by atoms with Gasteiger partial charge >= 0.3 is 6.03 Å². The highest BCUT2D eigenvalue weighted by Gasteiger charge is 2.28. The second-order valence-electron chi connectivity index (χ2n) is 7.18. The zero-order chi connectivity index (χ0) is 21.8. The van der Waals surface area contributed by atoms with Crippen LogP contribution < -0.4 is 20.3 Å². The molecular formula is C24H22FN3O3. The Labute approximate surface area is 179 Å². The maximum Gasteiger partial charge on any atom is 0.326 e. The summed E-state index contributed by atoms with van der Waals surface area (Å²) in [5, 5.41) is 5.70. The van der Waals surface area contributed by atoms with Crippen LogP contribution in [0.4, 0.5) is 20.6 Å². The number of hydrogen-bond donors (Lipinski definition) is 2. The number of amides is 3. The molecule has 7 heteroatoms. The van der Waals surface area contributed by atoms with E-state index < -0.39 is 0 Å². The molecule has 1 heterocycles. The molecule has 2 N–H and O–H groups in total. The van der Waals surface area contributed by atoms with E-state index >= 15 is 0 Å². The number of nitrogens with one attached hydrogen (secondary N) is 2. The lowest BCUT2D eigenvalue weighted by molar-refractivity contribution is 0.0950. The molecule has 0 bridgehead atoms. The minimum atomic E-state index is -0.367. The van der Waals surface area contributed by atoms with Gasteiger partial charge in [0.05, 0.1) is 7.11 Å². The smallest absolute Gasteiger partial charge is 0.326 e. The van der Waals surface area contributed by atoms with Gasteiger partial charge in [-0.15, -0.1) is 0 Å². The largest absolute Gasteiger partial charge is 0.497 e. The normalized spacial score (nSPS) is 12.3. The molecule has 3 amide bonds. The number of carbonyl (C=O) groups excluding carboxylic acids is 2. The van der Waals surface area contributed by atoms with Gasteiger partial charge in [-0.2, -0.15) is 0 Å². The minimum absolute atomic E-state index is 0.194. The van der Waals surface area contributed by atoms with Crippen LogP contribution in [0.25, 0.3) is 0 Å². The van der Waals surface area contributed by atoms with E-state index in [0.717, 1.165) is 16.9 Å². The molecule has 0 atom stereocenters. The molecule has 4 rings (SSSR count). The molecular weight excluding hydrogens is 397 g/mol. The monoisotopic (exact) mass is 419 g/mol. The van der Waals surface area contributed by atoms with Crippen LogP contribution in [0.3, 0.4) is 0 Å². The minimum Gasteiger partial charge on any atom is -0.497 e. The van der Waals surface area contributed by atoms with E-state index in [9.17, 15) is 14.0 Å². The summed E-state index contributed by atoms with van der Waals surface area (Å²) in [4.78, 5) is 27.2. The first-order valence-electron chi connectivity index (χ1n) is 9.92. The fourth-order valence-electron chi connectivity index (χ4n) is 3.64. The number of ether oxygens (including phenoxy) is 1. The topological polar surface area (TPSA) is 70.7 Å². The highest BCUT2D eigenvalue weighted by atomic mass is 19.1. The first-order valence-corrected chi connectivity index (χ1v) is 9.92. The summed E-state index contributed by atoms with van der Waals surface area (Å²) in [5.74, 6) is 0.171. The molecule has 0 saturated heterocycles. The standard InChI is InChI=1S/C24H22FN3O3/c1-31-19-5-2-4-16(14-19)15-26-23(29)21-6-3-7-22-20(21)12-13-28(22)24(30)27-18-10-8-17(25)9-11-18/h2-11,14H,12-13,15H2,1H3,(H,26,29)(H,27,30). The van der Waals surface area contributed by atoms with Crippen molar-refractivity contribution in [3.8, 4) is 5.75 Å². The van der Waals surface area contributed by atoms with E-state index in [1.165, 1.54) is 24.3 Å². The molecule has 3 aromatic rings. The number of methoxy groups -OCH3 is 1. The van der Waals surface area contributed by atoms with Crippen molar-refractivity contribution in [1.29, 1.82) is 0 Å². The highest BCUT2D eigenvalue weighted by molar-refractivity contribution is 6.05. The predicted molar refractivity (Wildman–Crippen MR) is 117 cm³/mol. The van der Waals surface area contributed by atoms with Crippen LogP contribution in [-0.2, 0) is 13.0 Å². The summed E-state index contributed by atoms with van der Waals surface area (Å²) < 4.78 is 18.3. The van der Waals surface area contributed by atoms with Crippen molar-refractivity contribution in [1.82, 2.24) is 5.32 Å². The van der Waals surface area contributed by atoms with Crippen LogP contribution >= 0.6 is 0 Å². The van der Waals surface area contributed by atoms with Crippen LogP contribution in [0.15, 0.2) is 66.7 Å². The van der Waals surface area contributed by atoms with E-state index in [-0.39, 0.29) is 17.8 Å². The lowest BCUT2D eigenvalue weighted by Crippen LogP contribution is -2.33. The molecule has 31 heavy (non-hydrogen) atoms. The number of benzene rings is 3. The summed E-state index contributed by atoms with van der Waals surface area (Å²) >= 11 is 0.